The summed E-state index contributed by atoms with van der Waals surface area (Å²) >= 11 is 0. The summed E-state index contributed by atoms with van der Waals surface area (Å²) in [6.45, 7) is 1.45. The van der Waals surface area contributed by atoms with Gasteiger partial charge in [0.2, 0.25) is 5.82 Å². The van der Waals surface area contributed by atoms with Crippen LogP contribution in [0.3, 0.4) is 0 Å². The van der Waals surface area contributed by atoms with Crippen LogP contribution in [0.15, 0.2) is 53.1 Å². The molecular weight excluding hydrogens is 318 g/mol. The first-order valence-corrected chi connectivity index (χ1v) is 8.27. The molecule has 1 atom stereocenters. The lowest BCUT2D eigenvalue weighted by molar-refractivity contribution is 0.269. The van der Waals surface area contributed by atoms with Crippen molar-refractivity contribution in [2.24, 2.45) is 0 Å². The zero-order valence-corrected chi connectivity index (χ0v) is 13.9. The SMILES string of the molecule is COc1cccc(-c2noc(NCC3CCOc4ccccc43)n2)c1. The predicted octanol–water partition coefficient (Wildman–Crippen LogP) is 3.72. The van der Waals surface area contributed by atoms with Crippen molar-refractivity contribution in [3.63, 3.8) is 0 Å². The van der Waals surface area contributed by atoms with Crippen LogP contribution in [0.25, 0.3) is 11.4 Å². The molecule has 6 heteroatoms. The molecule has 0 saturated carbocycles. The number of methoxy groups -OCH3 is 1. The average molecular weight is 337 g/mol. The number of nitrogens with one attached hydrogen (secondary N) is 1. The van der Waals surface area contributed by atoms with Crippen molar-refractivity contribution in [3.05, 3.63) is 54.1 Å². The number of anilines is 1. The Labute approximate surface area is 145 Å². The van der Waals surface area contributed by atoms with E-state index in [2.05, 4.69) is 21.5 Å². The maximum atomic E-state index is 5.70. The Morgan fingerprint density at radius 1 is 1.20 bits per heavy atom. The van der Waals surface area contributed by atoms with Crippen LogP contribution in [0, 0.1) is 0 Å². The molecule has 0 amide bonds. The Balaban J connectivity index is 1.45. The first kappa shape index (κ1) is 15.5. The maximum absolute atomic E-state index is 5.70. The Hall–Kier alpha value is -3.02. The topological polar surface area (TPSA) is 69.4 Å². The fraction of sp³-hybridized carbons (Fsp3) is 0.263. The normalized spacial score (nSPS) is 16.0. The minimum atomic E-state index is 0.358. The Kier molecular flexibility index (Phi) is 4.24. The first-order valence-electron chi connectivity index (χ1n) is 8.27. The van der Waals surface area contributed by atoms with Crippen LogP contribution in [0.1, 0.15) is 17.9 Å². The van der Waals surface area contributed by atoms with Gasteiger partial charge in [0.25, 0.3) is 0 Å². The highest BCUT2D eigenvalue weighted by molar-refractivity contribution is 5.58. The highest BCUT2D eigenvalue weighted by Crippen LogP contribution is 2.33. The van der Waals surface area contributed by atoms with Crippen LogP contribution in [0.4, 0.5) is 6.01 Å². The molecular formula is C19H19N3O3. The summed E-state index contributed by atoms with van der Waals surface area (Å²) in [6.07, 6.45) is 0.959. The smallest absolute Gasteiger partial charge is 0.321 e. The van der Waals surface area contributed by atoms with Crippen molar-refractivity contribution in [2.75, 3.05) is 25.6 Å². The second-order valence-electron chi connectivity index (χ2n) is 5.91. The minimum Gasteiger partial charge on any atom is -0.497 e. The zero-order valence-electron chi connectivity index (χ0n) is 13.9. The zero-order chi connectivity index (χ0) is 17.1. The van der Waals surface area contributed by atoms with Crippen LogP contribution in [0.2, 0.25) is 0 Å². The predicted molar refractivity (Wildman–Crippen MR) is 94.1 cm³/mol. The van der Waals surface area contributed by atoms with Gasteiger partial charge in [0.05, 0.1) is 13.7 Å². The minimum absolute atomic E-state index is 0.358. The lowest BCUT2D eigenvalue weighted by Crippen LogP contribution is -2.20. The molecule has 2 aromatic carbocycles. The number of para-hydroxylation sites is 1. The highest BCUT2D eigenvalue weighted by atomic mass is 16.5. The molecule has 2 heterocycles. The lowest BCUT2D eigenvalue weighted by atomic mass is 9.93. The van der Waals surface area contributed by atoms with Crippen LogP contribution in [-0.4, -0.2) is 30.4 Å². The number of nitrogens with zero attached hydrogens (tertiary/aromatic N) is 2. The molecule has 25 heavy (non-hydrogen) atoms. The summed E-state index contributed by atoms with van der Waals surface area (Å²) < 4.78 is 16.3. The van der Waals surface area contributed by atoms with Gasteiger partial charge in [0.15, 0.2) is 0 Å². The molecule has 1 aliphatic heterocycles. The van der Waals surface area contributed by atoms with E-state index in [-0.39, 0.29) is 0 Å². The van der Waals surface area contributed by atoms with E-state index in [1.807, 2.05) is 42.5 Å². The third kappa shape index (κ3) is 3.28. The van der Waals surface area contributed by atoms with Gasteiger partial charge in [-0.1, -0.05) is 35.5 Å². The van der Waals surface area contributed by atoms with Crippen LogP contribution in [0.5, 0.6) is 11.5 Å². The Bertz CT molecular complexity index is 862. The van der Waals surface area contributed by atoms with Gasteiger partial charge < -0.3 is 19.3 Å². The maximum Gasteiger partial charge on any atom is 0.321 e. The van der Waals surface area contributed by atoms with Crippen LogP contribution < -0.4 is 14.8 Å². The van der Waals surface area contributed by atoms with Gasteiger partial charge in [-0.25, -0.2) is 0 Å². The molecule has 128 valence electrons. The third-order valence-electron chi connectivity index (χ3n) is 4.34. The van der Waals surface area contributed by atoms with Crippen molar-refractivity contribution in [1.29, 1.82) is 0 Å². The van der Waals surface area contributed by atoms with Crippen molar-refractivity contribution in [2.45, 2.75) is 12.3 Å². The fourth-order valence-corrected chi connectivity index (χ4v) is 3.01. The second kappa shape index (κ2) is 6.84. The number of hydrogen-bond donors (Lipinski definition) is 1. The van der Waals surface area contributed by atoms with Crippen molar-refractivity contribution >= 4 is 6.01 Å². The highest BCUT2D eigenvalue weighted by Gasteiger charge is 2.21. The standard InChI is InChI=1S/C19H19N3O3/c1-23-15-6-4-5-13(11-15)18-21-19(25-22-18)20-12-14-9-10-24-17-8-3-2-7-16(14)17/h2-8,11,14H,9-10,12H2,1H3,(H,20,21,22). The van der Waals surface area contributed by atoms with E-state index in [1.54, 1.807) is 7.11 Å². The Morgan fingerprint density at radius 3 is 3.04 bits per heavy atom. The fourth-order valence-electron chi connectivity index (χ4n) is 3.01. The molecule has 0 saturated heterocycles. The van der Waals surface area contributed by atoms with E-state index in [0.29, 0.717) is 17.8 Å². The van der Waals surface area contributed by atoms with E-state index in [9.17, 15) is 0 Å². The van der Waals surface area contributed by atoms with Crippen molar-refractivity contribution in [1.82, 2.24) is 10.1 Å². The monoisotopic (exact) mass is 337 g/mol. The summed E-state index contributed by atoms with van der Waals surface area (Å²) in [5.41, 5.74) is 2.07. The second-order valence-corrected chi connectivity index (χ2v) is 5.91. The molecule has 0 bridgehead atoms. The van der Waals surface area contributed by atoms with Gasteiger partial charge in [-0.3, -0.25) is 0 Å². The van der Waals surface area contributed by atoms with Gasteiger partial charge in [-0.15, -0.1) is 0 Å². The van der Waals surface area contributed by atoms with Crippen molar-refractivity contribution in [3.8, 4) is 22.9 Å². The van der Waals surface area contributed by atoms with Crippen molar-refractivity contribution < 1.29 is 14.0 Å². The number of aromatic nitrogens is 2. The first-order chi connectivity index (χ1) is 12.3. The van der Waals surface area contributed by atoms with Gasteiger partial charge in [0, 0.05) is 18.0 Å². The van der Waals surface area contributed by atoms with E-state index in [4.69, 9.17) is 14.0 Å². The van der Waals surface area contributed by atoms with Gasteiger partial charge in [0.1, 0.15) is 11.5 Å². The molecule has 0 spiro atoms. The van der Waals surface area contributed by atoms with Gasteiger partial charge >= 0.3 is 6.01 Å². The van der Waals surface area contributed by atoms with Crippen LogP contribution >= 0.6 is 0 Å². The number of hydrogen-bond acceptors (Lipinski definition) is 6. The molecule has 3 aromatic rings. The van der Waals surface area contributed by atoms with Gasteiger partial charge in [-0.2, -0.15) is 4.98 Å². The van der Waals surface area contributed by atoms with Crippen LogP contribution in [-0.2, 0) is 0 Å². The summed E-state index contributed by atoms with van der Waals surface area (Å²) in [4.78, 5) is 4.42. The molecule has 4 rings (SSSR count). The van der Waals surface area contributed by atoms with E-state index in [1.165, 1.54) is 5.56 Å². The number of fused-ring (bicyclic) bond motifs is 1. The lowest BCUT2D eigenvalue weighted by Gasteiger charge is -2.25. The molecule has 1 unspecified atom stereocenters. The molecule has 6 nitrogen and oxygen atoms in total. The summed E-state index contributed by atoms with van der Waals surface area (Å²) in [5, 5.41) is 7.29. The number of benzene rings is 2. The molecule has 0 aliphatic carbocycles. The largest absolute Gasteiger partial charge is 0.497 e. The van der Waals surface area contributed by atoms with E-state index < -0.39 is 0 Å². The molecule has 0 fully saturated rings. The quantitative estimate of drug-likeness (QED) is 0.765. The summed E-state index contributed by atoms with van der Waals surface area (Å²) in [6, 6.07) is 16.1. The van der Waals surface area contributed by atoms with E-state index >= 15 is 0 Å². The Morgan fingerprint density at radius 2 is 2.12 bits per heavy atom. The number of ether oxygens (including phenoxy) is 2. The molecule has 1 N–H and O–H groups in total. The summed E-state index contributed by atoms with van der Waals surface area (Å²) in [7, 11) is 1.63. The third-order valence-corrected chi connectivity index (χ3v) is 4.34. The van der Waals surface area contributed by atoms with Gasteiger partial charge in [-0.05, 0) is 30.2 Å². The number of rotatable bonds is 5. The molecule has 0 radical (unpaired) electrons. The molecule has 1 aliphatic rings. The van der Waals surface area contributed by atoms with E-state index in [0.717, 1.165) is 36.6 Å². The molecule has 1 aromatic heterocycles. The average Bonchev–Trinajstić information content (AvgIpc) is 3.15. The summed E-state index contributed by atoms with van der Waals surface area (Å²) in [5.74, 6) is 2.62.